The van der Waals surface area contributed by atoms with Crippen molar-refractivity contribution in [1.82, 2.24) is 14.5 Å². The summed E-state index contributed by atoms with van der Waals surface area (Å²) >= 11 is 0. The molecule has 0 bridgehead atoms. The summed E-state index contributed by atoms with van der Waals surface area (Å²) in [7, 11) is 0. The van der Waals surface area contributed by atoms with Gasteiger partial charge in [-0.05, 0) is 19.1 Å². The maximum absolute atomic E-state index is 4.19. The van der Waals surface area contributed by atoms with Crippen molar-refractivity contribution in [3.05, 3.63) is 42.6 Å². The minimum atomic E-state index is 0.878. The molecule has 12 heavy (non-hydrogen) atoms. The quantitative estimate of drug-likeness (QED) is 0.627. The third kappa shape index (κ3) is 1.09. The summed E-state index contributed by atoms with van der Waals surface area (Å²) in [4.78, 5) is 8.18. The average molecular weight is 158 g/mol. The molecule has 0 atom stereocenters. The van der Waals surface area contributed by atoms with Gasteiger partial charge in [-0.2, -0.15) is 0 Å². The Morgan fingerprint density at radius 2 is 2.33 bits per heavy atom. The minimum absolute atomic E-state index is 0.878. The van der Waals surface area contributed by atoms with E-state index in [-0.39, 0.29) is 0 Å². The number of aryl methyl sites for hydroxylation is 1. The molecule has 2 heterocycles. The molecule has 0 saturated carbocycles. The van der Waals surface area contributed by atoms with Gasteiger partial charge in [-0.3, -0.25) is 4.57 Å². The van der Waals surface area contributed by atoms with E-state index in [1.165, 1.54) is 0 Å². The molecular weight excluding hydrogens is 150 g/mol. The molecular formula is C9H8N3. The Labute approximate surface area is 70.7 Å². The van der Waals surface area contributed by atoms with Crippen LogP contribution in [0.5, 0.6) is 0 Å². The van der Waals surface area contributed by atoms with Crippen molar-refractivity contribution in [2.45, 2.75) is 6.92 Å². The lowest BCUT2D eigenvalue weighted by atomic mass is 10.4. The predicted octanol–water partition coefficient (Wildman–Crippen LogP) is 1.38. The zero-order chi connectivity index (χ0) is 8.39. The molecule has 0 aliphatic carbocycles. The Morgan fingerprint density at radius 3 is 2.92 bits per heavy atom. The summed E-state index contributed by atoms with van der Waals surface area (Å²) in [5, 5.41) is 0. The van der Waals surface area contributed by atoms with Gasteiger partial charge in [0.2, 0.25) is 0 Å². The fourth-order valence-electron chi connectivity index (χ4n) is 1.06. The third-order valence-corrected chi connectivity index (χ3v) is 1.66. The second-order valence-corrected chi connectivity index (χ2v) is 2.48. The lowest BCUT2D eigenvalue weighted by Gasteiger charge is -2.01. The van der Waals surface area contributed by atoms with E-state index in [1.807, 2.05) is 29.7 Å². The van der Waals surface area contributed by atoms with Crippen LogP contribution in [0.1, 0.15) is 5.82 Å². The highest BCUT2D eigenvalue weighted by Crippen LogP contribution is 2.04. The zero-order valence-electron chi connectivity index (χ0n) is 6.73. The van der Waals surface area contributed by atoms with E-state index >= 15 is 0 Å². The molecule has 1 radical (unpaired) electrons. The first-order valence-corrected chi connectivity index (χ1v) is 3.71. The topological polar surface area (TPSA) is 30.7 Å². The first-order chi connectivity index (χ1) is 5.88. The van der Waals surface area contributed by atoms with Crippen LogP contribution in [0.25, 0.3) is 5.82 Å². The molecule has 0 fully saturated rings. The van der Waals surface area contributed by atoms with Crippen molar-refractivity contribution in [2.75, 3.05) is 0 Å². The first-order valence-electron chi connectivity index (χ1n) is 3.71. The molecule has 2 rings (SSSR count). The molecule has 0 unspecified atom stereocenters. The van der Waals surface area contributed by atoms with Crippen LogP contribution < -0.4 is 0 Å². The highest BCUT2D eigenvalue weighted by molar-refractivity contribution is 5.22. The van der Waals surface area contributed by atoms with E-state index < -0.39 is 0 Å². The van der Waals surface area contributed by atoms with Crippen molar-refractivity contribution in [1.29, 1.82) is 0 Å². The largest absolute Gasteiger partial charge is 0.287 e. The second kappa shape index (κ2) is 2.77. The van der Waals surface area contributed by atoms with Crippen LogP contribution in [-0.4, -0.2) is 14.5 Å². The maximum atomic E-state index is 4.19. The SMILES string of the molecule is Cc1n[c]cn1-c1ccccn1. The van der Waals surface area contributed by atoms with Crippen molar-refractivity contribution in [2.24, 2.45) is 0 Å². The van der Waals surface area contributed by atoms with Crippen molar-refractivity contribution >= 4 is 0 Å². The van der Waals surface area contributed by atoms with Crippen LogP contribution in [0.15, 0.2) is 30.6 Å². The first kappa shape index (κ1) is 7.03. The van der Waals surface area contributed by atoms with Gasteiger partial charge in [-0.1, -0.05) is 6.07 Å². The lowest BCUT2D eigenvalue weighted by molar-refractivity contribution is 0.933. The van der Waals surface area contributed by atoms with E-state index in [4.69, 9.17) is 0 Å². The van der Waals surface area contributed by atoms with E-state index in [0.717, 1.165) is 11.6 Å². The van der Waals surface area contributed by atoms with Gasteiger partial charge >= 0.3 is 0 Å². The fourth-order valence-corrected chi connectivity index (χ4v) is 1.06. The van der Waals surface area contributed by atoms with Gasteiger partial charge in [0, 0.05) is 12.4 Å². The second-order valence-electron chi connectivity index (χ2n) is 2.48. The van der Waals surface area contributed by atoms with Crippen LogP contribution in [0.3, 0.4) is 0 Å². The average Bonchev–Trinajstić information content (AvgIpc) is 2.53. The predicted molar refractivity (Wildman–Crippen MR) is 44.9 cm³/mol. The smallest absolute Gasteiger partial charge is 0.137 e. The molecule has 0 saturated heterocycles. The molecule has 2 aromatic rings. The Bertz CT molecular complexity index is 364. The van der Waals surface area contributed by atoms with Crippen molar-refractivity contribution in [3.63, 3.8) is 0 Å². The molecule has 59 valence electrons. The molecule has 2 aromatic heterocycles. The van der Waals surface area contributed by atoms with Crippen molar-refractivity contribution < 1.29 is 0 Å². The molecule has 0 N–H and O–H groups in total. The Kier molecular flexibility index (Phi) is 1.63. The number of rotatable bonds is 1. The summed E-state index contributed by atoms with van der Waals surface area (Å²) in [5.41, 5.74) is 0. The molecule has 0 spiro atoms. The van der Waals surface area contributed by atoms with E-state index in [1.54, 1.807) is 12.4 Å². The Hall–Kier alpha value is -1.64. The molecule has 0 aliphatic rings. The number of nitrogens with zero attached hydrogens (tertiary/aromatic N) is 3. The third-order valence-electron chi connectivity index (χ3n) is 1.66. The summed E-state index contributed by atoms with van der Waals surface area (Å²) in [6.45, 7) is 1.92. The Morgan fingerprint density at radius 1 is 1.42 bits per heavy atom. The lowest BCUT2D eigenvalue weighted by Crippen LogP contribution is -1.97. The van der Waals surface area contributed by atoms with Gasteiger partial charge in [0.15, 0.2) is 0 Å². The molecule has 0 amide bonds. The summed E-state index contributed by atoms with van der Waals surface area (Å²) in [5.74, 6) is 1.78. The number of hydrogen-bond acceptors (Lipinski definition) is 2. The summed E-state index contributed by atoms with van der Waals surface area (Å²) in [6.07, 6.45) is 6.30. The van der Waals surface area contributed by atoms with Gasteiger partial charge < -0.3 is 0 Å². The van der Waals surface area contributed by atoms with E-state index in [2.05, 4.69) is 16.2 Å². The highest BCUT2D eigenvalue weighted by Gasteiger charge is 1.98. The van der Waals surface area contributed by atoms with Gasteiger partial charge in [0.25, 0.3) is 0 Å². The normalized spacial score (nSPS) is 10.1. The fraction of sp³-hybridized carbons (Fsp3) is 0.111. The molecule has 3 nitrogen and oxygen atoms in total. The van der Waals surface area contributed by atoms with E-state index in [9.17, 15) is 0 Å². The van der Waals surface area contributed by atoms with Crippen LogP contribution in [0.4, 0.5) is 0 Å². The summed E-state index contributed by atoms with van der Waals surface area (Å²) < 4.78 is 1.89. The van der Waals surface area contributed by atoms with Crippen LogP contribution in [0.2, 0.25) is 0 Å². The van der Waals surface area contributed by atoms with Gasteiger partial charge in [-0.15, -0.1) is 0 Å². The highest BCUT2D eigenvalue weighted by atomic mass is 15.1. The maximum Gasteiger partial charge on any atom is 0.137 e. The number of hydrogen-bond donors (Lipinski definition) is 0. The molecule has 0 aliphatic heterocycles. The monoisotopic (exact) mass is 158 g/mol. The number of pyridine rings is 1. The zero-order valence-corrected chi connectivity index (χ0v) is 6.73. The van der Waals surface area contributed by atoms with Crippen LogP contribution in [0, 0.1) is 13.1 Å². The minimum Gasteiger partial charge on any atom is -0.287 e. The summed E-state index contributed by atoms with van der Waals surface area (Å²) in [6, 6.07) is 5.77. The van der Waals surface area contributed by atoms with Gasteiger partial charge in [0.05, 0.1) is 0 Å². The van der Waals surface area contributed by atoms with E-state index in [0.29, 0.717) is 0 Å². The number of aromatic nitrogens is 3. The van der Waals surface area contributed by atoms with Gasteiger partial charge in [-0.25, -0.2) is 9.97 Å². The standard InChI is InChI=1S/C9H8N3/c1-8-10-6-7-12(8)9-4-2-3-5-11-9/h2-5,7H,1H3. The number of imidazole rings is 1. The van der Waals surface area contributed by atoms with Gasteiger partial charge in [0.1, 0.15) is 17.8 Å². The molecule has 0 aromatic carbocycles. The molecule has 3 heteroatoms. The van der Waals surface area contributed by atoms with Crippen LogP contribution in [-0.2, 0) is 0 Å². The van der Waals surface area contributed by atoms with Crippen LogP contribution >= 0.6 is 0 Å². The Balaban J connectivity index is 2.51. The van der Waals surface area contributed by atoms with Crippen molar-refractivity contribution in [3.8, 4) is 5.82 Å².